The highest BCUT2D eigenvalue weighted by Crippen LogP contribution is 2.38. The second-order valence-electron chi connectivity index (χ2n) is 10.1. The molecule has 9 nitrogen and oxygen atoms in total. The number of anilines is 2. The lowest BCUT2D eigenvalue weighted by Crippen LogP contribution is -2.55. The van der Waals surface area contributed by atoms with E-state index in [1.165, 1.54) is 34.1 Å². The Bertz CT molecular complexity index is 1870. The lowest BCUT2D eigenvalue weighted by molar-refractivity contribution is -0.128. The van der Waals surface area contributed by atoms with Gasteiger partial charge in [0, 0.05) is 15.6 Å². The van der Waals surface area contributed by atoms with Crippen LogP contribution < -0.4 is 25.2 Å². The minimum atomic E-state index is -2.76. The van der Waals surface area contributed by atoms with Crippen molar-refractivity contribution < 1.29 is 23.2 Å². The van der Waals surface area contributed by atoms with E-state index in [1.807, 2.05) is 24.3 Å². The first-order valence-electron chi connectivity index (χ1n) is 15.0. The van der Waals surface area contributed by atoms with Crippen molar-refractivity contribution in [2.24, 2.45) is 0 Å². The molecule has 1 aliphatic rings. The summed E-state index contributed by atoms with van der Waals surface area (Å²) in [6.45, 7) is 1.33. The van der Waals surface area contributed by atoms with Crippen molar-refractivity contribution >= 4 is 68.2 Å². The standard InChI is InChI=1S/C33H30BrN5O4.ClH/c1-20(36-2)31(40)37-27-19-39(32(41)22-10-8-21(17-35)9-11-22)29-7-5-4-6-28(29)38(33(27)42)18-26-25-14-13-24(34)16-23(25)12-15-30(26)43-3;/h4-16,20,27,36H,18-19H2,1-3H3,(H,37,40);1H/t20?,27-;/m0./s1/i3D3;. The number of benzene rings is 4. The summed E-state index contributed by atoms with van der Waals surface area (Å²) < 4.78 is 29.6. The molecule has 11 heteroatoms. The Kier molecular flexibility index (Phi) is 8.96. The van der Waals surface area contributed by atoms with Crippen LogP contribution in [0.3, 0.4) is 0 Å². The molecule has 1 heterocycles. The van der Waals surface area contributed by atoms with Gasteiger partial charge in [-0.15, -0.1) is 12.4 Å². The third-order valence-corrected chi connectivity index (χ3v) is 8.01. The van der Waals surface area contributed by atoms with Crippen LogP contribution in [0.1, 0.15) is 32.5 Å². The minimum absolute atomic E-state index is 0. The molecule has 0 saturated heterocycles. The van der Waals surface area contributed by atoms with Crippen LogP contribution >= 0.6 is 28.3 Å². The molecular weight excluding hydrogens is 646 g/mol. The molecule has 0 spiro atoms. The quantitative estimate of drug-likeness (QED) is 0.278. The first kappa shape index (κ1) is 28.3. The zero-order valence-corrected chi connectivity index (χ0v) is 26.2. The van der Waals surface area contributed by atoms with E-state index in [1.54, 1.807) is 50.4 Å². The van der Waals surface area contributed by atoms with E-state index >= 15 is 0 Å². The van der Waals surface area contributed by atoms with E-state index in [-0.39, 0.29) is 36.8 Å². The molecule has 0 aromatic heterocycles. The Labute approximate surface area is 274 Å². The number of nitrogens with one attached hydrogen (secondary N) is 2. The van der Waals surface area contributed by atoms with E-state index in [0.29, 0.717) is 27.9 Å². The number of fused-ring (bicyclic) bond motifs is 2. The maximum Gasteiger partial charge on any atom is 0.258 e. The highest BCUT2D eigenvalue weighted by atomic mass is 79.9. The maximum atomic E-state index is 14.5. The summed E-state index contributed by atoms with van der Waals surface area (Å²) in [6.07, 6.45) is 0. The smallest absolute Gasteiger partial charge is 0.258 e. The average molecular weight is 680 g/mol. The maximum absolute atomic E-state index is 14.5. The van der Waals surface area contributed by atoms with Crippen molar-refractivity contribution in [2.75, 3.05) is 30.4 Å². The Hall–Kier alpha value is -4.43. The van der Waals surface area contributed by atoms with Crippen LogP contribution in [0.4, 0.5) is 11.4 Å². The normalized spacial score (nSPS) is 16.3. The molecule has 44 heavy (non-hydrogen) atoms. The molecule has 0 bridgehead atoms. The summed E-state index contributed by atoms with van der Waals surface area (Å²) in [5.41, 5.74) is 1.89. The van der Waals surface area contributed by atoms with Gasteiger partial charge in [-0.1, -0.05) is 40.2 Å². The van der Waals surface area contributed by atoms with Gasteiger partial charge in [-0.3, -0.25) is 14.4 Å². The van der Waals surface area contributed by atoms with E-state index in [4.69, 9.17) is 8.85 Å². The number of rotatable bonds is 7. The number of likely N-dealkylation sites (N-methyl/N-ethyl adjacent to an activating group) is 1. The molecule has 0 aliphatic carbocycles. The van der Waals surface area contributed by atoms with Gasteiger partial charge >= 0.3 is 0 Å². The van der Waals surface area contributed by atoms with Crippen molar-refractivity contribution in [3.63, 3.8) is 0 Å². The van der Waals surface area contributed by atoms with Gasteiger partial charge in [0.2, 0.25) is 5.91 Å². The fourth-order valence-electron chi connectivity index (χ4n) is 5.08. The Morgan fingerprint density at radius 3 is 2.52 bits per heavy atom. The molecule has 0 radical (unpaired) electrons. The summed E-state index contributed by atoms with van der Waals surface area (Å²) in [5, 5.41) is 16.3. The fraction of sp³-hybridized carbons (Fsp3) is 0.212. The number of para-hydroxylation sites is 2. The van der Waals surface area contributed by atoms with E-state index in [0.717, 1.165) is 9.86 Å². The molecule has 0 fully saturated rings. The predicted molar refractivity (Wildman–Crippen MR) is 176 cm³/mol. The van der Waals surface area contributed by atoms with Crippen molar-refractivity contribution in [3.05, 3.63) is 100 Å². The molecule has 3 amide bonds. The number of halogens is 2. The number of carbonyl (C=O) groups excluding carboxylic acids is 3. The zero-order valence-electron chi connectivity index (χ0n) is 26.8. The highest BCUT2D eigenvalue weighted by Gasteiger charge is 2.38. The van der Waals surface area contributed by atoms with Crippen LogP contribution in [0, 0.1) is 11.3 Å². The molecule has 1 aliphatic heterocycles. The highest BCUT2D eigenvalue weighted by molar-refractivity contribution is 9.10. The van der Waals surface area contributed by atoms with Gasteiger partial charge < -0.3 is 25.2 Å². The molecule has 226 valence electrons. The predicted octanol–water partition coefficient (Wildman–Crippen LogP) is 5.19. The van der Waals surface area contributed by atoms with Crippen molar-refractivity contribution in [1.82, 2.24) is 10.6 Å². The third-order valence-electron chi connectivity index (χ3n) is 7.52. The molecule has 4 aromatic carbocycles. The van der Waals surface area contributed by atoms with Gasteiger partial charge in [0.15, 0.2) is 0 Å². The van der Waals surface area contributed by atoms with Crippen LogP contribution in [0.5, 0.6) is 5.75 Å². The second-order valence-corrected chi connectivity index (χ2v) is 11.0. The first-order chi connectivity index (χ1) is 21.9. The number of methoxy groups -OCH3 is 1. The van der Waals surface area contributed by atoms with E-state index in [2.05, 4.69) is 26.6 Å². The van der Waals surface area contributed by atoms with Crippen LogP contribution in [0.15, 0.2) is 83.3 Å². The lowest BCUT2D eigenvalue weighted by atomic mass is 10.0. The van der Waals surface area contributed by atoms with Crippen molar-refractivity contribution in [3.8, 4) is 11.8 Å². The molecule has 0 saturated carbocycles. The minimum Gasteiger partial charge on any atom is -0.496 e. The number of ether oxygens (including phenoxy) is 1. The topological polar surface area (TPSA) is 115 Å². The molecule has 2 atom stereocenters. The second kappa shape index (κ2) is 13.9. The third kappa shape index (κ3) is 6.40. The van der Waals surface area contributed by atoms with Gasteiger partial charge in [0.1, 0.15) is 11.8 Å². The Balaban J connectivity index is 0.00000500. The summed E-state index contributed by atoms with van der Waals surface area (Å²) in [6, 6.07) is 22.0. The van der Waals surface area contributed by atoms with Crippen molar-refractivity contribution in [1.29, 1.82) is 5.26 Å². The molecular formula is C33H31BrClN5O4. The first-order valence-corrected chi connectivity index (χ1v) is 14.3. The average Bonchev–Trinajstić information content (AvgIpc) is 3.15. The van der Waals surface area contributed by atoms with Crippen LogP contribution in [0.25, 0.3) is 10.8 Å². The van der Waals surface area contributed by atoms with E-state index in [9.17, 15) is 19.6 Å². The molecule has 5 rings (SSSR count). The van der Waals surface area contributed by atoms with Gasteiger partial charge in [0.25, 0.3) is 11.8 Å². The molecule has 1 unspecified atom stereocenters. The Morgan fingerprint density at radius 2 is 1.84 bits per heavy atom. The number of amides is 3. The summed E-state index contributed by atoms with van der Waals surface area (Å²) in [5.74, 6) is -1.32. The lowest BCUT2D eigenvalue weighted by Gasteiger charge is -2.27. The van der Waals surface area contributed by atoms with Crippen LogP contribution in [-0.4, -0.2) is 50.4 Å². The molecule has 2 N–H and O–H groups in total. The zero-order chi connectivity index (χ0) is 33.2. The SMILES string of the molecule is Cl.[2H]C([2H])([2H])Oc1ccc2cc(Br)ccc2c1CN1C(=O)[C@@H](NC(=O)C(C)NC)CN(C(=O)c2ccc(C#N)cc2)c2ccccc21. The summed E-state index contributed by atoms with van der Waals surface area (Å²) in [7, 11) is -1.14. The summed E-state index contributed by atoms with van der Waals surface area (Å²) >= 11 is 3.48. The number of carbonyl (C=O) groups is 3. The van der Waals surface area contributed by atoms with E-state index < -0.39 is 36.8 Å². The number of nitriles is 1. The van der Waals surface area contributed by atoms with Crippen molar-refractivity contribution in [2.45, 2.75) is 25.6 Å². The number of hydrogen-bond donors (Lipinski definition) is 2. The van der Waals surface area contributed by atoms with Gasteiger partial charge in [-0.25, -0.2) is 0 Å². The van der Waals surface area contributed by atoms with Gasteiger partial charge in [-0.2, -0.15) is 5.26 Å². The number of hydrogen-bond acceptors (Lipinski definition) is 6. The monoisotopic (exact) mass is 678 g/mol. The summed E-state index contributed by atoms with van der Waals surface area (Å²) in [4.78, 5) is 44.5. The van der Waals surface area contributed by atoms with Crippen LogP contribution in [0.2, 0.25) is 0 Å². The number of nitrogens with zero attached hydrogens (tertiary/aromatic N) is 3. The molecule has 4 aromatic rings. The van der Waals surface area contributed by atoms with Gasteiger partial charge in [0.05, 0.1) is 53.3 Å². The fourth-order valence-corrected chi connectivity index (χ4v) is 5.46. The van der Waals surface area contributed by atoms with Gasteiger partial charge in [-0.05, 0) is 79.3 Å². The Morgan fingerprint density at radius 1 is 1.11 bits per heavy atom. The largest absolute Gasteiger partial charge is 0.496 e. The van der Waals surface area contributed by atoms with Crippen LogP contribution in [-0.2, 0) is 16.1 Å².